The van der Waals surface area contributed by atoms with Crippen LogP contribution in [-0.4, -0.2) is 35.5 Å². The molecule has 6 heteroatoms. The molecule has 3 heterocycles. The highest BCUT2D eigenvalue weighted by Crippen LogP contribution is 2.39. The average molecular weight is 392 g/mol. The summed E-state index contributed by atoms with van der Waals surface area (Å²) in [4.78, 5) is 19.7. The zero-order valence-electron chi connectivity index (χ0n) is 15.3. The monoisotopic (exact) mass is 392 g/mol. The number of nitrogens with zero attached hydrogens (tertiary/aromatic N) is 2. The second kappa shape index (κ2) is 7.28. The summed E-state index contributed by atoms with van der Waals surface area (Å²) in [6, 6.07) is 16.0. The summed E-state index contributed by atoms with van der Waals surface area (Å²) in [6.45, 7) is 1.88. The molecule has 1 saturated heterocycles. The summed E-state index contributed by atoms with van der Waals surface area (Å²) in [5.41, 5.74) is 2.65. The molecule has 1 aromatic heterocycles. The van der Waals surface area contributed by atoms with Gasteiger partial charge in [0, 0.05) is 17.5 Å². The van der Waals surface area contributed by atoms with Gasteiger partial charge in [-0.3, -0.25) is 4.79 Å². The van der Waals surface area contributed by atoms with Crippen molar-refractivity contribution in [2.24, 2.45) is 0 Å². The van der Waals surface area contributed by atoms with Crippen molar-refractivity contribution in [2.75, 3.05) is 19.8 Å². The van der Waals surface area contributed by atoms with Gasteiger partial charge in [0.1, 0.15) is 23.9 Å². The quantitative estimate of drug-likeness (QED) is 0.656. The van der Waals surface area contributed by atoms with Gasteiger partial charge in [0.05, 0.1) is 6.04 Å². The summed E-state index contributed by atoms with van der Waals surface area (Å²) < 4.78 is 11.3. The second-order valence-corrected chi connectivity index (χ2v) is 7.82. The van der Waals surface area contributed by atoms with E-state index < -0.39 is 0 Å². The SMILES string of the molecule is O=C(c1csc(-c2ccccc2)n1)N1CCC[C@@H]1c1ccc2c(c1)OCCO2. The van der Waals surface area contributed by atoms with Gasteiger partial charge in [-0.25, -0.2) is 4.98 Å². The van der Waals surface area contributed by atoms with Crippen molar-refractivity contribution in [1.82, 2.24) is 9.88 Å². The molecular formula is C22H20N2O3S. The summed E-state index contributed by atoms with van der Waals surface area (Å²) in [6.07, 6.45) is 1.93. The maximum Gasteiger partial charge on any atom is 0.273 e. The van der Waals surface area contributed by atoms with Crippen LogP contribution in [-0.2, 0) is 0 Å². The predicted octanol–water partition coefficient (Wildman–Crippen LogP) is 4.56. The zero-order chi connectivity index (χ0) is 18.9. The number of aromatic nitrogens is 1. The third kappa shape index (κ3) is 3.14. The molecule has 2 aromatic carbocycles. The van der Waals surface area contributed by atoms with Gasteiger partial charge in [0.2, 0.25) is 0 Å². The van der Waals surface area contributed by atoms with E-state index in [1.165, 1.54) is 11.3 Å². The molecule has 28 heavy (non-hydrogen) atoms. The van der Waals surface area contributed by atoms with Crippen LogP contribution in [0.25, 0.3) is 10.6 Å². The first-order valence-electron chi connectivity index (χ1n) is 9.51. The van der Waals surface area contributed by atoms with Crippen LogP contribution < -0.4 is 9.47 Å². The Morgan fingerprint density at radius 3 is 2.75 bits per heavy atom. The van der Waals surface area contributed by atoms with Crippen LogP contribution in [0.1, 0.15) is 34.9 Å². The van der Waals surface area contributed by atoms with Crippen molar-refractivity contribution >= 4 is 17.2 Å². The van der Waals surface area contributed by atoms with Gasteiger partial charge >= 0.3 is 0 Å². The van der Waals surface area contributed by atoms with E-state index in [1.54, 1.807) is 0 Å². The van der Waals surface area contributed by atoms with Gasteiger partial charge in [0.15, 0.2) is 11.5 Å². The van der Waals surface area contributed by atoms with Gasteiger partial charge in [-0.1, -0.05) is 36.4 Å². The molecule has 142 valence electrons. The molecular weight excluding hydrogens is 372 g/mol. The van der Waals surface area contributed by atoms with Crippen LogP contribution in [0.5, 0.6) is 11.5 Å². The number of amides is 1. The molecule has 0 bridgehead atoms. The van der Waals surface area contributed by atoms with Gasteiger partial charge < -0.3 is 14.4 Å². The fourth-order valence-electron chi connectivity index (χ4n) is 3.86. The first-order valence-corrected chi connectivity index (χ1v) is 10.4. The van der Waals surface area contributed by atoms with Gasteiger partial charge in [-0.2, -0.15) is 0 Å². The minimum absolute atomic E-state index is 0.00387. The van der Waals surface area contributed by atoms with Crippen molar-refractivity contribution in [3.05, 3.63) is 65.2 Å². The number of carbonyl (C=O) groups excluding carboxylic acids is 1. The highest BCUT2D eigenvalue weighted by atomic mass is 32.1. The Labute approximate surface area is 167 Å². The van der Waals surface area contributed by atoms with E-state index in [-0.39, 0.29) is 11.9 Å². The smallest absolute Gasteiger partial charge is 0.273 e. The van der Waals surface area contributed by atoms with E-state index in [4.69, 9.17) is 9.47 Å². The summed E-state index contributed by atoms with van der Waals surface area (Å²) in [5.74, 6) is 1.54. The van der Waals surface area contributed by atoms with Crippen LogP contribution in [0.15, 0.2) is 53.9 Å². The van der Waals surface area contributed by atoms with Crippen LogP contribution in [0.2, 0.25) is 0 Å². The lowest BCUT2D eigenvalue weighted by Gasteiger charge is -2.26. The summed E-state index contributed by atoms with van der Waals surface area (Å²) >= 11 is 1.51. The molecule has 0 saturated carbocycles. The molecule has 2 aliphatic heterocycles. The normalized spacial score (nSPS) is 18.3. The molecule has 1 atom stereocenters. The second-order valence-electron chi connectivity index (χ2n) is 6.96. The number of carbonyl (C=O) groups is 1. The fraction of sp³-hybridized carbons (Fsp3) is 0.273. The Hall–Kier alpha value is -2.86. The zero-order valence-corrected chi connectivity index (χ0v) is 16.2. The van der Waals surface area contributed by atoms with E-state index in [1.807, 2.05) is 58.8 Å². The molecule has 0 unspecified atom stereocenters. The minimum Gasteiger partial charge on any atom is -0.486 e. The van der Waals surface area contributed by atoms with E-state index in [2.05, 4.69) is 4.98 Å². The highest BCUT2D eigenvalue weighted by molar-refractivity contribution is 7.13. The molecule has 0 spiro atoms. The number of hydrogen-bond donors (Lipinski definition) is 0. The number of ether oxygens (including phenoxy) is 2. The van der Waals surface area contributed by atoms with Crippen molar-refractivity contribution < 1.29 is 14.3 Å². The summed E-state index contributed by atoms with van der Waals surface area (Å²) in [5, 5.41) is 2.74. The van der Waals surface area contributed by atoms with Crippen molar-refractivity contribution in [3.8, 4) is 22.1 Å². The van der Waals surface area contributed by atoms with Gasteiger partial charge in [0.25, 0.3) is 5.91 Å². The number of thiazole rings is 1. The molecule has 0 aliphatic carbocycles. The molecule has 1 fully saturated rings. The van der Waals surface area contributed by atoms with Crippen LogP contribution in [0.3, 0.4) is 0 Å². The van der Waals surface area contributed by atoms with E-state index in [9.17, 15) is 4.79 Å². The number of fused-ring (bicyclic) bond motifs is 1. The first kappa shape index (κ1) is 17.3. The lowest BCUT2D eigenvalue weighted by molar-refractivity contribution is 0.0730. The van der Waals surface area contributed by atoms with Gasteiger partial charge in [-0.15, -0.1) is 11.3 Å². The maximum atomic E-state index is 13.2. The number of likely N-dealkylation sites (tertiary alicyclic amines) is 1. The third-order valence-corrected chi connectivity index (χ3v) is 6.10. The standard InChI is InChI=1S/C22H20N2O3S/c25-22(17-14-28-21(23-17)15-5-2-1-3-6-15)24-10-4-7-18(24)16-8-9-19-20(13-16)27-12-11-26-19/h1-3,5-6,8-9,13-14,18H,4,7,10-12H2/t18-/m1/s1. The molecule has 5 rings (SSSR count). The predicted molar refractivity (Wildman–Crippen MR) is 108 cm³/mol. The largest absolute Gasteiger partial charge is 0.486 e. The Bertz CT molecular complexity index is 1000. The molecule has 0 N–H and O–H groups in total. The molecule has 1 amide bonds. The maximum absolute atomic E-state index is 13.2. The number of rotatable bonds is 3. The molecule has 3 aromatic rings. The topological polar surface area (TPSA) is 51.7 Å². The highest BCUT2D eigenvalue weighted by Gasteiger charge is 2.32. The van der Waals surface area contributed by atoms with E-state index in [0.717, 1.165) is 47.0 Å². The number of benzene rings is 2. The Morgan fingerprint density at radius 1 is 1.07 bits per heavy atom. The van der Waals surface area contributed by atoms with Gasteiger partial charge in [-0.05, 0) is 30.5 Å². The lowest BCUT2D eigenvalue weighted by Crippen LogP contribution is -2.30. The minimum atomic E-state index is -0.00387. The molecule has 5 nitrogen and oxygen atoms in total. The number of hydrogen-bond acceptors (Lipinski definition) is 5. The summed E-state index contributed by atoms with van der Waals surface area (Å²) in [7, 11) is 0. The average Bonchev–Trinajstić information content (AvgIpc) is 3.44. The van der Waals surface area contributed by atoms with Crippen LogP contribution >= 0.6 is 11.3 Å². The lowest BCUT2D eigenvalue weighted by atomic mass is 10.0. The molecule has 0 radical (unpaired) electrons. The third-order valence-electron chi connectivity index (χ3n) is 5.21. The Balaban J connectivity index is 1.40. The van der Waals surface area contributed by atoms with Crippen molar-refractivity contribution in [1.29, 1.82) is 0 Å². The van der Waals surface area contributed by atoms with Crippen LogP contribution in [0.4, 0.5) is 0 Å². The van der Waals surface area contributed by atoms with E-state index in [0.29, 0.717) is 18.9 Å². The first-order chi connectivity index (χ1) is 13.8. The van der Waals surface area contributed by atoms with Crippen LogP contribution in [0, 0.1) is 0 Å². The Morgan fingerprint density at radius 2 is 1.89 bits per heavy atom. The van der Waals surface area contributed by atoms with E-state index >= 15 is 0 Å². The fourth-order valence-corrected chi connectivity index (χ4v) is 4.66. The molecule has 2 aliphatic rings. The van der Waals surface area contributed by atoms with Crippen molar-refractivity contribution in [2.45, 2.75) is 18.9 Å². The Kier molecular flexibility index (Phi) is 4.49. The van der Waals surface area contributed by atoms with Crippen molar-refractivity contribution in [3.63, 3.8) is 0 Å².